The molecule has 0 bridgehead atoms. The van der Waals surface area contributed by atoms with Crippen LogP contribution in [0, 0.1) is 34.1 Å². The van der Waals surface area contributed by atoms with Gasteiger partial charge in [-0.2, -0.15) is 0 Å². The number of halogens is 1. The van der Waals surface area contributed by atoms with Crippen molar-refractivity contribution in [2.45, 2.75) is 13.8 Å². The Balaban J connectivity index is 3.64. The summed E-state index contributed by atoms with van der Waals surface area (Å²) in [6.07, 6.45) is 0. The standard InChI is InChI=1S/C7H6ClN3O4/c1-3-6(10(12)13)5(8)7(11(14)15)4(2)9-3/h1-2H3. The molecule has 15 heavy (non-hydrogen) atoms. The van der Waals surface area contributed by atoms with Gasteiger partial charge in [-0.05, 0) is 13.8 Å². The second-order valence-electron chi connectivity index (χ2n) is 2.81. The molecule has 1 aromatic rings. The molecule has 0 atom stereocenters. The second kappa shape index (κ2) is 3.77. The Bertz CT molecular complexity index is 422. The van der Waals surface area contributed by atoms with Gasteiger partial charge in [0.1, 0.15) is 11.4 Å². The molecule has 0 saturated heterocycles. The Morgan fingerprint density at radius 2 is 1.40 bits per heavy atom. The van der Waals surface area contributed by atoms with Gasteiger partial charge in [-0.3, -0.25) is 20.2 Å². The quantitative estimate of drug-likeness (QED) is 0.574. The highest BCUT2D eigenvalue weighted by Crippen LogP contribution is 2.36. The minimum atomic E-state index is -0.781. The number of hydrogen-bond acceptors (Lipinski definition) is 5. The van der Waals surface area contributed by atoms with Crippen molar-refractivity contribution in [1.29, 1.82) is 0 Å². The second-order valence-corrected chi connectivity index (χ2v) is 3.19. The van der Waals surface area contributed by atoms with Crippen LogP contribution in [0.2, 0.25) is 5.02 Å². The first-order valence-corrected chi connectivity index (χ1v) is 4.19. The summed E-state index contributed by atoms with van der Waals surface area (Å²) in [7, 11) is 0. The van der Waals surface area contributed by atoms with Crippen LogP contribution >= 0.6 is 11.6 Å². The predicted octanol–water partition coefficient (Wildman–Crippen LogP) is 2.17. The fourth-order valence-corrected chi connectivity index (χ4v) is 1.62. The fraction of sp³-hybridized carbons (Fsp3) is 0.286. The van der Waals surface area contributed by atoms with E-state index in [0.29, 0.717) is 0 Å². The smallest absolute Gasteiger partial charge is 0.258 e. The summed E-state index contributed by atoms with van der Waals surface area (Å²) >= 11 is 5.59. The van der Waals surface area contributed by atoms with Crippen molar-refractivity contribution in [2.24, 2.45) is 0 Å². The molecule has 0 amide bonds. The van der Waals surface area contributed by atoms with Gasteiger partial charge in [0.25, 0.3) is 0 Å². The molecular weight excluding hydrogens is 226 g/mol. The molecule has 1 heterocycles. The van der Waals surface area contributed by atoms with Crippen LogP contribution in [0.4, 0.5) is 11.4 Å². The fourth-order valence-electron chi connectivity index (χ4n) is 1.21. The zero-order valence-corrected chi connectivity index (χ0v) is 8.61. The zero-order chi connectivity index (χ0) is 11.7. The topological polar surface area (TPSA) is 99.2 Å². The Morgan fingerprint density at radius 1 is 1.07 bits per heavy atom. The molecule has 1 rings (SSSR count). The maximum Gasteiger partial charge on any atom is 0.315 e. The van der Waals surface area contributed by atoms with E-state index in [-0.39, 0.29) is 11.4 Å². The van der Waals surface area contributed by atoms with E-state index < -0.39 is 26.2 Å². The highest BCUT2D eigenvalue weighted by molar-refractivity contribution is 6.35. The molecule has 0 unspecified atom stereocenters. The van der Waals surface area contributed by atoms with E-state index in [1.807, 2.05) is 0 Å². The van der Waals surface area contributed by atoms with E-state index in [0.717, 1.165) is 0 Å². The molecule has 0 aliphatic heterocycles. The number of hydrogen-bond donors (Lipinski definition) is 0. The van der Waals surface area contributed by atoms with Crippen LogP contribution in [0.3, 0.4) is 0 Å². The number of nitro groups is 2. The Morgan fingerprint density at radius 3 is 1.67 bits per heavy atom. The van der Waals surface area contributed by atoms with Gasteiger partial charge >= 0.3 is 11.4 Å². The van der Waals surface area contributed by atoms with E-state index >= 15 is 0 Å². The first-order chi connectivity index (χ1) is 6.86. The summed E-state index contributed by atoms with van der Waals surface area (Å²) in [6, 6.07) is 0. The Hall–Kier alpha value is -1.76. The molecule has 0 fully saturated rings. The van der Waals surface area contributed by atoms with Gasteiger partial charge < -0.3 is 0 Å². The lowest BCUT2D eigenvalue weighted by molar-refractivity contribution is -0.395. The summed E-state index contributed by atoms with van der Waals surface area (Å²) in [5, 5.41) is 20.7. The van der Waals surface area contributed by atoms with Gasteiger partial charge in [0.15, 0.2) is 5.02 Å². The van der Waals surface area contributed by atoms with Crippen molar-refractivity contribution >= 4 is 23.0 Å². The van der Waals surface area contributed by atoms with Crippen LogP contribution in [0.1, 0.15) is 11.4 Å². The van der Waals surface area contributed by atoms with Crippen LogP contribution in [-0.4, -0.2) is 14.8 Å². The molecule has 0 radical (unpaired) electrons. The van der Waals surface area contributed by atoms with Gasteiger partial charge in [-0.1, -0.05) is 11.6 Å². The van der Waals surface area contributed by atoms with Crippen LogP contribution in [-0.2, 0) is 0 Å². The average molecular weight is 232 g/mol. The SMILES string of the molecule is Cc1nc(C)c([N+](=O)[O-])c(Cl)c1[N+](=O)[O-]. The minimum Gasteiger partial charge on any atom is -0.258 e. The van der Waals surface area contributed by atoms with Gasteiger partial charge in [0, 0.05) is 0 Å². The lowest BCUT2D eigenvalue weighted by atomic mass is 10.2. The van der Waals surface area contributed by atoms with Crippen LogP contribution in [0.25, 0.3) is 0 Å². The summed E-state index contributed by atoms with van der Waals surface area (Å²) in [4.78, 5) is 23.3. The number of aromatic nitrogens is 1. The van der Waals surface area contributed by atoms with Gasteiger partial charge in [0.2, 0.25) is 0 Å². The van der Waals surface area contributed by atoms with E-state index in [1.165, 1.54) is 13.8 Å². The number of aryl methyl sites for hydroxylation is 2. The monoisotopic (exact) mass is 231 g/mol. The third-order valence-corrected chi connectivity index (χ3v) is 2.16. The van der Waals surface area contributed by atoms with Crippen molar-refractivity contribution in [3.63, 3.8) is 0 Å². The average Bonchev–Trinajstić information content (AvgIpc) is 1.99. The van der Waals surface area contributed by atoms with E-state index in [1.54, 1.807) is 0 Å². The summed E-state index contributed by atoms with van der Waals surface area (Å²) in [5.41, 5.74) is -0.913. The number of nitrogens with zero attached hydrogens (tertiary/aromatic N) is 3. The molecular formula is C7H6ClN3O4. The highest BCUT2D eigenvalue weighted by Gasteiger charge is 2.29. The summed E-state index contributed by atoms with van der Waals surface area (Å²) < 4.78 is 0. The zero-order valence-electron chi connectivity index (χ0n) is 7.85. The highest BCUT2D eigenvalue weighted by atomic mass is 35.5. The van der Waals surface area contributed by atoms with Crippen LogP contribution in [0.5, 0.6) is 0 Å². The first kappa shape index (κ1) is 11.3. The van der Waals surface area contributed by atoms with Crippen molar-refractivity contribution in [2.75, 3.05) is 0 Å². The van der Waals surface area contributed by atoms with Crippen LogP contribution in [0.15, 0.2) is 0 Å². The van der Waals surface area contributed by atoms with Gasteiger partial charge in [-0.15, -0.1) is 0 Å². The van der Waals surface area contributed by atoms with Gasteiger partial charge in [0.05, 0.1) is 9.85 Å². The lowest BCUT2D eigenvalue weighted by Crippen LogP contribution is -2.02. The summed E-state index contributed by atoms with van der Waals surface area (Å²) in [6.45, 7) is 2.75. The number of pyridine rings is 1. The maximum absolute atomic E-state index is 10.6. The normalized spacial score (nSPS) is 10.1. The Kier molecular flexibility index (Phi) is 2.85. The molecule has 7 nitrogen and oxygen atoms in total. The molecule has 0 aliphatic carbocycles. The van der Waals surface area contributed by atoms with Gasteiger partial charge in [-0.25, -0.2) is 4.98 Å². The molecule has 0 spiro atoms. The van der Waals surface area contributed by atoms with E-state index in [4.69, 9.17) is 11.6 Å². The van der Waals surface area contributed by atoms with Crippen molar-refractivity contribution in [3.05, 3.63) is 36.6 Å². The molecule has 0 aromatic carbocycles. The van der Waals surface area contributed by atoms with Crippen molar-refractivity contribution < 1.29 is 9.85 Å². The van der Waals surface area contributed by atoms with Crippen molar-refractivity contribution in [1.82, 2.24) is 4.98 Å². The van der Waals surface area contributed by atoms with E-state index in [9.17, 15) is 20.2 Å². The molecule has 0 saturated carbocycles. The third-order valence-electron chi connectivity index (χ3n) is 1.80. The van der Waals surface area contributed by atoms with Crippen LogP contribution < -0.4 is 0 Å². The molecule has 0 N–H and O–H groups in total. The number of rotatable bonds is 2. The third kappa shape index (κ3) is 1.86. The lowest BCUT2D eigenvalue weighted by Gasteiger charge is -2.02. The molecule has 80 valence electrons. The first-order valence-electron chi connectivity index (χ1n) is 3.81. The molecule has 0 aliphatic rings. The summed E-state index contributed by atoms with van der Waals surface area (Å²) in [5.74, 6) is 0. The minimum absolute atomic E-state index is 0.0631. The predicted molar refractivity (Wildman–Crippen MR) is 52.0 cm³/mol. The van der Waals surface area contributed by atoms with E-state index in [2.05, 4.69) is 4.98 Å². The van der Waals surface area contributed by atoms with Crippen molar-refractivity contribution in [3.8, 4) is 0 Å². The Labute approximate surface area is 89.0 Å². The largest absolute Gasteiger partial charge is 0.315 e. The maximum atomic E-state index is 10.6. The molecule has 1 aromatic heterocycles. The molecule has 8 heteroatoms.